The molecule has 0 unspecified atom stereocenters. The molecule has 0 radical (unpaired) electrons. The zero-order valence-corrected chi connectivity index (χ0v) is 14.8. The lowest BCUT2D eigenvalue weighted by Crippen LogP contribution is -2.30. The summed E-state index contributed by atoms with van der Waals surface area (Å²) in [6.07, 6.45) is 8.56. The number of carbonyl (C=O) groups is 1. The summed E-state index contributed by atoms with van der Waals surface area (Å²) in [5.41, 5.74) is 3.49. The monoisotopic (exact) mass is 340 g/mol. The number of benzene rings is 1. The number of nitrogens with zero attached hydrogens (tertiary/aromatic N) is 1. The number of nitrogens with one attached hydrogen (secondary N) is 1. The van der Waals surface area contributed by atoms with Gasteiger partial charge in [0.05, 0.1) is 16.3 Å². The standard InChI is InChI=1S/C20H24N2OS/c23-20(19-14-15-8-2-5-11-18(15)24-19)21-16-9-3-4-10-17(16)22-12-6-1-7-13-22/h3-4,9-10,14H,1-2,5-8,11-13H2,(H,21,23). The van der Waals surface area contributed by atoms with Crippen molar-refractivity contribution >= 4 is 28.6 Å². The Morgan fingerprint density at radius 1 is 1.00 bits per heavy atom. The third-order valence-corrected chi connectivity index (χ3v) is 6.31. The topological polar surface area (TPSA) is 32.3 Å². The van der Waals surface area contributed by atoms with E-state index in [0.717, 1.165) is 42.2 Å². The fourth-order valence-electron chi connectivity index (χ4n) is 3.78. The van der Waals surface area contributed by atoms with Gasteiger partial charge in [-0.2, -0.15) is 0 Å². The molecule has 1 amide bonds. The number of aryl methyl sites for hydroxylation is 2. The van der Waals surface area contributed by atoms with Gasteiger partial charge in [-0.25, -0.2) is 0 Å². The van der Waals surface area contributed by atoms with Crippen LogP contribution in [-0.4, -0.2) is 19.0 Å². The van der Waals surface area contributed by atoms with Crippen molar-refractivity contribution in [2.45, 2.75) is 44.9 Å². The molecule has 126 valence electrons. The van der Waals surface area contributed by atoms with E-state index in [-0.39, 0.29) is 5.91 Å². The first-order chi connectivity index (χ1) is 11.8. The van der Waals surface area contributed by atoms with Gasteiger partial charge in [0.25, 0.3) is 5.91 Å². The number of amides is 1. The van der Waals surface area contributed by atoms with E-state index in [1.807, 2.05) is 12.1 Å². The number of carbonyl (C=O) groups excluding carboxylic acids is 1. The molecule has 0 spiro atoms. The van der Waals surface area contributed by atoms with E-state index in [1.54, 1.807) is 11.3 Å². The van der Waals surface area contributed by atoms with Gasteiger partial charge in [-0.05, 0) is 68.7 Å². The van der Waals surface area contributed by atoms with E-state index in [0.29, 0.717) is 0 Å². The first-order valence-corrected chi connectivity index (χ1v) is 9.90. The van der Waals surface area contributed by atoms with Crippen LogP contribution in [0.15, 0.2) is 30.3 Å². The van der Waals surface area contributed by atoms with Crippen LogP contribution in [0.5, 0.6) is 0 Å². The summed E-state index contributed by atoms with van der Waals surface area (Å²) in [5, 5.41) is 3.16. The fourth-order valence-corrected chi connectivity index (χ4v) is 4.93. The molecular formula is C20H24N2OS. The molecule has 2 aromatic rings. The van der Waals surface area contributed by atoms with Crippen molar-refractivity contribution in [3.63, 3.8) is 0 Å². The van der Waals surface area contributed by atoms with Gasteiger partial charge in [0, 0.05) is 18.0 Å². The summed E-state index contributed by atoms with van der Waals surface area (Å²) in [6.45, 7) is 2.17. The number of para-hydroxylation sites is 2. The van der Waals surface area contributed by atoms with Crippen LogP contribution in [0, 0.1) is 0 Å². The van der Waals surface area contributed by atoms with E-state index in [1.165, 1.54) is 42.5 Å². The van der Waals surface area contributed by atoms with Gasteiger partial charge in [-0.1, -0.05) is 12.1 Å². The molecule has 1 N–H and O–H groups in total. The Balaban J connectivity index is 1.54. The summed E-state index contributed by atoms with van der Waals surface area (Å²) < 4.78 is 0. The predicted octanol–water partition coefficient (Wildman–Crippen LogP) is 4.87. The Morgan fingerprint density at radius 3 is 2.62 bits per heavy atom. The van der Waals surface area contributed by atoms with Gasteiger partial charge in [-0.15, -0.1) is 11.3 Å². The minimum atomic E-state index is 0.0406. The third-order valence-electron chi connectivity index (χ3n) is 5.07. The number of fused-ring (bicyclic) bond motifs is 1. The van der Waals surface area contributed by atoms with Crippen LogP contribution in [0.2, 0.25) is 0 Å². The maximum atomic E-state index is 12.7. The van der Waals surface area contributed by atoms with E-state index < -0.39 is 0 Å². The van der Waals surface area contributed by atoms with Crippen molar-refractivity contribution in [1.82, 2.24) is 0 Å². The number of hydrogen-bond donors (Lipinski definition) is 1. The van der Waals surface area contributed by atoms with Crippen LogP contribution in [0.1, 0.15) is 52.2 Å². The molecule has 1 saturated heterocycles. The lowest BCUT2D eigenvalue weighted by Gasteiger charge is -2.30. The van der Waals surface area contributed by atoms with E-state index in [4.69, 9.17) is 0 Å². The molecule has 4 rings (SSSR count). The highest BCUT2D eigenvalue weighted by molar-refractivity contribution is 7.14. The average Bonchev–Trinajstić information content (AvgIpc) is 3.07. The second-order valence-corrected chi connectivity index (χ2v) is 7.92. The van der Waals surface area contributed by atoms with Crippen LogP contribution in [0.3, 0.4) is 0 Å². The summed E-state index contributed by atoms with van der Waals surface area (Å²) in [7, 11) is 0. The van der Waals surface area contributed by atoms with Gasteiger partial charge in [0.2, 0.25) is 0 Å². The Labute approximate surface area is 147 Å². The molecule has 2 aliphatic rings. The molecule has 4 heteroatoms. The Bertz CT molecular complexity index is 707. The van der Waals surface area contributed by atoms with Gasteiger partial charge < -0.3 is 10.2 Å². The zero-order valence-electron chi connectivity index (χ0n) is 14.0. The molecule has 0 bridgehead atoms. The second-order valence-electron chi connectivity index (χ2n) is 6.79. The molecule has 1 aromatic carbocycles. The van der Waals surface area contributed by atoms with Crippen molar-refractivity contribution in [3.8, 4) is 0 Å². The van der Waals surface area contributed by atoms with Crippen molar-refractivity contribution in [3.05, 3.63) is 45.6 Å². The summed E-state index contributed by atoms with van der Waals surface area (Å²) in [6, 6.07) is 10.3. The Kier molecular flexibility index (Phi) is 4.56. The maximum absolute atomic E-state index is 12.7. The highest BCUT2D eigenvalue weighted by Gasteiger charge is 2.19. The molecule has 3 nitrogen and oxygen atoms in total. The highest BCUT2D eigenvalue weighted by atomic mass is 32.1. The molecule has 24 heavy (non-hydrogen) atoms. The number of thiophene rings is 1. The van der Waals surface area contributed by atoms with Gasteiger partial charge in [0.1, 0.15) is 0 Å². The third kappa shape index (κ3) is 3.20. The smallest absolute Gasteiger partial charge is 0.265 e. The average molecular weight is 340 g/mol. The number of piperidine rings is 1. The number of anilines is 2. The Morgan fingerprint density at radius 2 is 1.79 bits per heavy atom. The van der Waals surface area contributed by atoms with Gasteiger partial charge >= 0.3 is 0 Å². The normalized spacial score (nSPS) is 17.4. The molecule has 0 saturated carbocycles. The van der Waals surface area contributed by atoms with Crippen molar-refractivity contribution < 1.29 is 4.79 Å². The van der Waals surface area contributed by atoms with Gasteiger partial charge in [0.15, 0.2) is 0 Å². The minimum Gasteiger partial charge on any atom is -0.370 e. The molecule has 1 aliphatic heterocycles. The maximum Gasteiger partial charge on any atom is 0.265 e. The largest absolute Gasteiger partial charge is 0.370 e. The van der Waals surface area contributed by atoms with E-state index >= 15 is 0 Å². The minimum absolute atomic E-state index is 0.0406. The van der Waals surface area contributed by atoms with Crippen LogP contribution < -0.4 is 10.2 Å². The predicted molar refractivity (Wildman–Crippen MR) is 101 cm³/mol. The lowest BCUT2D eigenvalue weighted by atomic mass is 9.99. The van der Waals surface area contributed by atoms with Crippen LogP contribution in [0.25, 0.3) is 0 Å². The summed E-state index contributed by atoms with van der Waals surface area (Å²) in [5.74, 6) is 0.0406. The SMILES string of the molecule is O=C(Nc1ccccc1N1CCCCC1)c1cc2c(s1)CCCC2. The Hall–Kier alpha value is -1.81. The lowest BCUT2D eigenvalue weighted by molar-refractivity contribution is 0.103. The van der Waals surface area contributed by atoms with Gasteiger partial charge in [-0.3, -0.25) is 4.79 Å². The quantitative estimate of drug-likeness (QED) is 0.864. The van der Waals surface area contributed by atoms with Crippen LogP contribution >= 0.6 is 11.3 Å². The summed E-state index contributed by atoms with van der Waals surface area (Å²) in [4.78, 5) is 17.4. The van der Waals surface area contributed by atoms with Crippen molar-refractivity contribution in [2.24, 2.45) is 0 Å². The second kappa shape index (κ2) is 6.98. The highest BCUT2D eigenvalue weighted by Crippen LogP contribution is 2.32. The van der Waals surface area contributed by atoms with E-state index in [9.17, 15) is 4.79 Å². The molecular weight excluding hydrogens is 316 g/mol. The first kappa shape index (κ1) is 15.7. The van der Waals surface area contributed by atoms with Crippen molar-refractivity contribution in [2.75, 3.05) is 23.3 Å². The molecule has 0 atom stereocenters. The molecule has 2 heterocycles. The molecule has 1 aliphatic carbocycles. The van der Waals surface area contributed by atoms with Crippen molar-refractivity contribution in [1.29, 1.82) is 0 Å². The molecule has 1 fully saturated rings. The van der Waals surface area contributed by atoms with E-state index in [2.05, 4.69) is 28.4 Å². The number of hydrogen-bond acceptors (Lipinski definition) is 3. The first-order valence-electron chi connectivity index (χ1n) is 9.08. The van der Waals surface area contributed by atoms with Crippen LogP contribution in [0.4, 0.5) is 11.4 Å². The fraction of sp³-hybridized carbons (Fsp3) is 0.450. The zero-order chi connectivity index (χ0) is 16.4. The molecule has 1 aromatic heterocycles. The van der Waals surface area contributed by atoms with Crippen LogP contribution in [-0.2, 0) is 12.8 Å². The summed E-state index contributed by atoms with van der Waals surface area (Å²) >= 11 is 1.68. The number of rotatable bonds is 3.